The maximum Gasteiger partial charge on any atom is 0.274 e. The highest BCUT2D eigenvalue weighted by molar-refractivity contribution is 6.31. The van der Waals surface area contributed by atoms with Crippen LogP contribution >= 0.6 is 11.6 Å². The first-order chi connectivity index (χ1) is 12.5. The third-order valence-corrected chi connectivity index (χ3v) is 4.03. The molecule has 0 radical (unpaired) electrons. The topological polar surface area (TPSA) is 89.3 Å². The molecule has 3 aromatic rings. The summed E-state index contributed by atoms with van der Waals surface area (Å²) in [7, 11) is 1.51. The zero-order valence-electron chi connectivity index (χ0n) is 14.5. The van der Waals surface area contributed by atoms with E-state index in [9.17, 15) is 4.79 Å². The van der Waals surface area contributed by atoms with Crippen LogP contribution in [0.1, 0.15) is 21.8 Å². The van der Waals surface area contributed by atoms with Crippen LogP contribution in [0, 0.1) is 13.8 Å². The highest BCUT2D eigenvalue weighted by Crippen LogP contribution is 2.31. The van der Waals surface area contributed by atoms with Gasteiger partial charge in [-0.25, -0.2) is 4.98 Å². The minimum atomic E-state index is -0.353. The molecular weight excluding hydrogens is 356 g/mol. The number of pyridine rings is 1. The van der Waals surface area contributed by atoms with E-state index in [1.165, 1.54) is 7.11 Å². The number of hydrogen-bond donors (Lipinski definition) is 2. The lowest BCUT2D eigenvalue weighted by molar-refractivity contribution is 0.102. The fourth-order valence-corrected chi connectivity index (χ4v) is 2.45. The van der Waals surface area contributed by atoms with E-state index in [0.29, 0.717) is 33.7 Å². The van der Waals surface area contributed by atoms with Crippen LogP contribution in [0.2, 0.25) is 5.02 Å². The summed E-state index contributed by atoms with van der Waals surface area (Å²) >= 11 is 6.08. The number of nitrogens with one attached hydrogen (secondary N) is 2. The molecule has 1 aromatic carbocycles. The molecule has 0 aliphatic heterocycles. The standard InChI is InChI=1S/C18H17ClN4O3/c1-10-6-15(16(25-3)8-13(10)19)22-18(24)14-5-4-12(9-20-14)21-17-7-11(2)26-23-17/h4-9H,1-3H3,(H,21,23)(H,22,24). The van der Waals surface area contributed by atoms with Gasteiger partial charge in [-0.1, -0.05) is 16.8 Å². The Morgan fingerprint density at radius 1 is 1.23 bits per heavy atom. The molecule has 0 bridgehead atoms. The third-order valence-electron chi connectivity index (χ3n) is 3.63. The average molecular weight is 373 g/mol. The van der Waals surface area contributed by atoms with Gasteiger partial charge >= 0.3 is 0 Å². The Morgan fingerprint density at radius 2 is 2.04 bits per heavy atom. The fourth-order valence-electron chi connectivity index (χ4n) is 2.29. The van der Waals surface area contributed by atoms with E-state index < -0.39 is 0 Å². The minimum absolute atomic E-state index is 0.265. The zero-order valence-corrected chi connectivity index (χ0v) is 15.2. The summed E-state index contributed by atoms with van der Waals surface area (Å²) < 4.78 is 10.2. The lowest BCUT2D eigenvalue weighted by atomic mass is 10.2. The summed E-state index contributed by atoms with van der Waals surface area (Å²) in [6.45, 7) is 3.65. The molecule has 0 aliphatic rings. The maximum atomic E-state index is 12.4. The molecule has 8 heteroatoms. The predicted molar refractivity (Wildman–Crippen MR) is 99.5 cm³/mol. The van der Waals surface area contributed by atoms with E-state index in [0.717, 1.165) is 5.56 Å². The molecule has 0 fully saturated rings. The van der Waals surface area contributed by atoms with Gasteiger partial charge in [0.25, 0.3) is 5.91 Å². The maximum absolute atomic E-state index is 12.4. The second-order valence-electron chi connectivity index (χ2n) is 5.64. The van der Waals surface area contributed by atoms with E-state index in [1.807, 2.05) is 6.92 Å². The van der Waals surface area contributed by atoms with Crippen molar-refractivity contribution < 1.29 is 14.1 Å². The van der Waals surface area contributed by atoms with Crippen LogP contribution in [0.4, 0.5) is 17.2 Å². The summed E-state index contributed by atoms with van der Waals surface area (Å²) in [4.78, 5) is 16.6. The van der Waals surface area contributed by atoms with Crippen molar-refractivity contribution in [3.8, 4) is 5.75 Å². The molecule has 26 heavy (non-hydrogen) atoms. The number of amides is 1. The van der Waals surface area contributed by atoms with Crippen molar-refractivity contribution in [1.29, 1.82) is 0 Å². The molecule has 134 valence electrons. The Balaban J connectivity index is 1.73. The average Bonchev–Trinajstić information content (AvgIpc) is 3.03. The van der Waals surface area contributed by atoms with E-state index >= 15 is 0 Å². The predicted octanol–water partition coefficient (Wildman–Crippen LogP) is 4.34. The number of ether oxygens (including phenoxy) is 1. The summed E-state index contributed by atoms with van der Waals surface area (Å²) in [5, 5.41) is 10.2. The zero-order chi connectivity index (χ0) is 18.7. The Kier molecular flexibility index (Phi) is 5.09. The number of methoxy groups -OCH3 is 1. The Morgan fingerprint density at radius 3 is 2.65 bits per heavy atom. The summed E-state index contributed by atoms with van der Waals surface area (Å²) in [5.41, 5.74) is 2.32. The van der Waals surface area contributed by atoms with Gasteiger partial charge < -0.3 is 19.9 Å². The van der Waals surface area contributed by atoms with Crippen molar-refractivity contribution in [2.75, 3.05) is 17.7 Å². The van der Waals surface area contributed by atoms with Crippen LogP contribution in [0.3, 0.4) is 0 Å². The molecule has 3 rings (SSSR count). The van der Waals surface area contributed by atoms with Gasteiger partial charge in [-0.05, 0) is 37.6 Å². The van der Waals surface area contributed by atoms with Crippen molar-refractivity contribution >= 4 is 34.7 Å². The van der Waals surface area contributed by atoms with E-state index in [1.54, 1.807) is 43.5 Å². The molecule has 2 N–H and O–H groups in total. The second-order valence-corrected chi connectivity index (χ2v) is 6.04. The molecule has 0 saturated heterocycles. The van der Waals surface area contributed by atoms with Gasteiger partial charge in [0.2, 0.25) is 0 Å². The van der Waals surface area contributed by atoms with Gasteiger partial charge in [-0.2, -0.15) is 0 Å². The van der Waals surface area contributed by atoms with Crippen molar-refractivity contribution in [1.82, 2.24) is 10.1 Å². The molecule has 0 spiro atoms. The van der Waals surface area contributed by atoms with Crippen molar-refractivity contribution in [3.05, 3.63) is 58.6 Å². The third kappa shape index (κ3) is 3.94. The Labute approximate surface area is 155 Å². The summed E-state index contributed by atoms with van der Waals surface area (Å²) in [5.74, 6) is 1.40. The van der Waals surface area contributed by atoms with Crippen molar-refractivity contribution in [2.24, 2.45) is 0 Å². The van der Waals surface area contributed by atoms with E-state index in [2.05, 4.69) is 20.8 Å². The molecule has 0 unspecified atom stereocenters. The molecule has 0 atom stereocenters. The Hall–Kier alpha value is -3.06. The van der Waals surface area contributed by atoms with Crippen LogP contribution in [-0.4, -0.2) is 23.2 Å². The second kappa shape index (κ2) is 7.45. The smallest absolute Gasteiger partial charge is 0.274 e. The molecule has 0 saturated carbocycles. The first-order valence-electron chi connectivity index (χ1n) is 7.78. The van der Waals surface area contributed by atoms with Gasteiger partial charge in [-0.3, -0.25) is 4.79 Å². The number of aromatic nitrogens is 2. The molecule has 7 nitrogen and oxygen atoms in total. The highest BCUT2D eigenvalue weighted by Gasteiger charge is 2.13. The monoisotopic (exact) mass is 372 g/mol. The van der Waals surface area contributed by atoms with Gasteiger partial charge in [0, 0.05) is 17.2 Å². The van der Waals surface area contributed by atoms with Crippen molar-refractivity contribution in [3.63, 3.8) is 0 Å². The first-order valence-corrected chi connectivity index (χ1v) is 8.16. The van der Waals surface area contributed by atoms with E-state index in [-0.39, 0.29) is 11.6 Å². The highest BCUT2D eigenvalue weighted by atomic mass is 35.5. The largest absolute Gasteiger partial charge is 0.495 e. The van der Waals surface area contributed by atoms with Crippen LogP contribution in [0.25, 0.3) is 0 Å². The number of nitrogens with zero attached hydrogens (tertiary/aromatic N) is 2. The number of benzene rings is 1. The van der Waals surface area contributed by atoms with Crippen LogP contribution < -0.4 is 15.4 Å². The number of halogens is 1. The van der Waals surface area contributed by atoms with Gasteiger partial charge in [-0.15, -0.1) is 0 Å². The number of aryl methyl sites for hydroxylation is 2. The number of carbonyl (C=O) groups excluding carboxylic acids is 1. The molecule has 1 amide bonds. The Bertz CT molecular complexity index is 938. The number of rotatable bonds is 5. The van der Waals surface area contributed by atoms with Crippen LogP contribution in [-0.2, 0) is 0 Å². The number of carbonyl (C=O) groups is 1. The van der Waals surface area contributed by atoms with Gasteiger partial charge in [0.15, 0.2) is 5.82 Å². The SMILES string of the molecule is COc1cc(Cl)c(C)cc1NC(=O)c1ccc(Nc2cc(C)on2)cn1. The van der Waals surface area contributed by atoms with E-state index in [4.69, 9.17) is 20.9 Å². The lowest BCUT2D eigenvalue weighted by Gasteiger charge is -2.12. The van der Waals surface area contributed by atoms with Crippen LogP contribution in [0.15, 0.2) is 41.1 Å². The minimum Gasteiger partial charge on any atom is -0.495 e. The molecular formula is C18H17ClN4O3. The van der Waals surface area contributed by atoms with Gasteiger partial charge in [0.05, 0.1) is 24.7 Å². The summed E-state index contributed by atoms with van der Waals surface area (Å²) in [6.07, 6.45) is 1.54. The first kappa shape index (κ1) is 17.8. The van der Waals surface area contributed by atoms with Crippen LogP contribution in [0.5, 0.6) is 5.75 Å². The fraction of sp³-hybridized carbons (Fsp3) is 0.167. The molecule has 2 heterocycles. The molecule has 2 aromatic heterocycles. The number of hydrogen-bond acceptors (Lipinski definition) is 6. The normalized spacial score (nSPS) is 10.5. The van der Waals surface area contributed by atoms with Crippen molar-refractivity contribution in [2.45, 2.75) is 13.8 Å². The lowest BCUT2D eigenvalue weighted by Crippen LogP contribution is -2.14. The van der Waals surface area contributed by atoms with Gasteiger partial charge in [0.1, 0.15) is 17.2 Å². The quantitative estimate of drug-likeness (QED) is 0.692. The number of anilines is 3. The summed E-state index contributed by atoms with van der Waals surface area (Å²) in [6, 6.07) is 8.51. The molecule has 0 aliphatic carbocycles.